The first-order valence-electron chi connectivity index (χ1n) is 10.3. The normalized spacial score (nSPS) is 15.6. The van der Waals surface area contributed by atoms with Crippen LogP contribution in [0.4, 0.5) is 0 Å². The number of esters is 1. The number of nitrogens with zero attached hydrogens (tertiary/aromatic N) is 1. The largest absolute Gasteiger partial charge is 0.478 e. The topological polar surface area (TPSA) is 94.7 Å². The quantitative estimate of drug-likeness (QED) is 0.441. The minimum Gasteiger partial charge on any atom is -0.478 e. The van der Waals surface area contributed by atoms with Crippen LogP contribution in [0, 0.1) is 6.92 Å². The lowest BCUT2D eigenvalue weighted by atomic mass is 10.1. The number of nitrogens with one attached hydrogen (secondary N) is 2. The molecular formula is C21H35N3O4. The third-order valence-corrected chi connectivity index (χ3v) is 4.98. The Morgan fingerprint density at radius 1 is 1.18 bits per heavy atom. The van der Waals surface area contributed by atoms with Gasteiger partial charge in [0.2, 0.25) is 0 Å². The van der Waals surface area contributed by atoms with E-state index in [1.807, 2.05) is 0 Å². The Balaban J connectivity index is 1.87. The van der Waals surface area contributed by atoms with Crippen LogP contribution < -0.4 is 5.32 Å². The number of aromatic carboxylic acids is 1. The fourth-order valence-corrected chi connectivity index (χ4v) is 3.60. The number of hydrogen-bond acceptors (Lipinski definition) is 5. The first kappa shape index (κ1) is 22.4. The van der Waals surface area contributed by atoms with Gasteiger partial charge in [-0.2, -0.15) is 0 Å². The third kappa shape index (κ3) is 6.63. The molecule has 2 rings (SSSR count). The summed E-state index contributed by atoms with van der Waals surface area (Å²) >= 11 is 0. The van der Waals surface area contributed by atoms with Crippen molar-refractivity contribution in [1.82, 2.24) is 15.2 Å². The Hall–Kier alpha value is -1.86. The molecule has 1 saturated heterocycles. The summed E-state index contributed by atoms with van der Waals surface area (Å²) in [6.45, 7) is 12.2. The maximum absolute atomic E-state index is 12.4. The molecule has 0 unspecified atom stereocenters. The molecule has 0 bridgehead atoms. The Morgan fingerprint density at radius 2 is 1.86 bits per heavy atom. The van der Waals surface area contributed by atoms with E-state index in [0.29, 0.717) is 17.7 Å². The predicted octanol–water partition coefficient (Wildman–Crippen LogP) is 2.98. The number of aromatic amines is 1. The van der Waals surface area contributed by atoms with Crippen molar-refractivity contribution in [2.45, 2.75) is 65.4 Å². The van der Waals surface area contributed by atoms with Crippen LogP contribution in [0.3, 0.4) is 0 Å². The van der Waals surface area contributed by atoms with Crippen LogP contribution in [-0.2, 0) is 11.2 Å². The fraction of sp³-hybridized carbons (Fsp3) is 0.714. The predicted molar refractivity (Wildman–Crippen MR) is 109 cm³/mol. The molecule has 1 aromatic heterocycles. The summed E-state index contributed by atoms with van der Waals surface area (Å²) in [5, 5.41) is 13.0. The molecule has 1 aliphatic heterocycles. The number of carboxylic acid groups (broad SMARTS) is 1. The highest BCUT2D eigenvalue weighted by Crippen LogP contribution is 2.22. The first-order chi connectivity index (χ1) is 13.2. The standard InChI is InChI=1S/C21H35N3O4/c1-15-17(19(25)26)16(23-18(15)20(27)28-21(2,3)4)9-8-10-22-11-14-24-12-6-5-7-13-24/h22-23H,5-14H2,1-4H3,(H,25,26). The average molecular weight is 394 g/mol. The van der Waals surface area contributed by atoms with E-state index in [-0.39, 0.29) is 11.3 Å². The number of likely N-dealkylation sites (tertiary alicyclic amines) is 1. The van der Waals surface area contributed by atoms with Crippen LogP contribution in [0.25, 0.3) is 0 Å². The number of aromatic nitrogens is 1. The van der Waals surface area contributed by atoms with Crippen molar-refractivity contribution < 1.29 is 19.4 Å². The Kier molecular flexibility index (Phi) is 8.07. The van der Waals surface area contributed by atoms with Gasteiger partial charge < -0.3 is 25.0 Å². The van der Waals surface area contributed by atoms with Crippen molar-refractivity contribution in [1.29, 1.82) is 0 Å². The molecule has 3 N–H and O–H groups in total. The molecule has 0 saturated carbocycles. The molecule has 0 radical (unpaired) electrons. The summed E-state index contributed by atoms with van der Waals surface area (Å²) < 4.78 is 5.39. The van der Waals surface area contributed by atoms with Crippen molar-refractivity contribution in [3.05, 3.63) is 22.5 Å². The SMILES string of the molecule is Cc1c(C(=O)OC(C)(C)C)[nH]c(CCCNCCN2CCCCC2)c1C(=O)O. The van der Waals surface area contributed by atoms with Crippen molar-refractivity contribution >= 4 is 11.9 Å². The second kappa shape index (κ2) is 10.1. The van der Waals surface area contributed by atoms with E-state index < -0.39 is 17.5 Å². The minimum atomic E-state index is -1.02. The van der Waals surface area contributed by atoms with Gasteiger partial charge >= 0.3 is 11.9 Å². The summed E-state index contributed by atoms with van der Waals surface area (Å²) in [6.07, 6.45) is 5.31. The van der Waals surface area contributed by atoms with Crippen LogP contribution in [0.15, 0.2) is 0 Å². The first-order valence-corrected chi connectivity index (χ1v) is 10.3. The molecule has 1 fully saturated rings. The molecule has 7 heteroatoms. The van der Waals surface area contributed by atoms with Crippen LogP contribution in [0.5, 0.6) is 0 Å². The summed E-state index contributed by atoms with van der Waals surface area (Å²) in [5.74, 6) is -1.53. The average Bonchev–Trinajstić information content (AvgIpc) is 2.94. The van der Waals surface area contributed by atoms with Crippen LogP contribution >= 0.6 is 0 Å². The Morgan fingerprint density at radius 3 is 2.46 bits per heavy atom. The van der Waals surface area contributed by atoms with E-state index in [1.54, 1.807) is 27.7 Å². The molecule has 2 heterocycles. The summed E-state index contributed by atoms with van der Waals surface area (Å²) in [4.78, 5) is 29.5. The van der Waals surface area contributed by atoms with Crippen molar-refractivity contribution in [2.24, 2.45) is 0 Å². The van der Waals surface area contributed by atoms with E-state index in [0.717, 1.165) is 26.1 Å². The van der Waals surface area contributed by atoms with Gasteiger partial charge in [-0.1, -0.05) is 6.42 Å². The van der Waals surface area contributed by atoms with Gasteiger partial charge in [0.15, 0.2) is 0 Å². The summed E-state index contributed by atoms with van der Waals surface area (Å²) in [5.41, 5.74) is 0.823. The lowest BCUT2D eigenvalue weighted by Crippen LogP contribution is -2.36. The van der Waals surface area contributed by atoms with Crippen LogP contribution in [0.1, 0.15) is 78.6 Å². The molecule has 0 aliphatic carbocycles. The van der Waals surface area contributed by atoms with E-state index in [1.165, 1.54) is 32.4 Å². The fourth-order valence-electron chi connectivity index (χ4n) is 3.60. The molecule has 0 atom stereocenters. The van der Waals surface area contributed by atoms with E-state index >= 15 is 0 Å². The highest BCUT2D eigenvalue weighted by atomic mass is 16.6. The Labute approximate surface area is 167 Å². The van der Waals surface area contributed by atoms with Gasteiger partial charge in [0, 0.05) is 18.8 Å². The van der Waals surface area contributed by atoms with Crippen molar-refractivity contribution in [2.75, 3.05) is 32.7 Å². The van der Waals surface area contributed by atoms with E-state index in [4.69, 9.17) is 4.74 Å². The molecule has 0 spiro atoms. The summed E-state index contributed by atoms with van der Waals surface area (Å²) in [6, 6.07) is 0. The van der Waals surface area contributed by atoms with Gasteiger partial charge in [0.1, 0.15) is 11.3 Å². The number of rotatable bonds is 9. The van der Waals surface area contributed by atoms with Gasteiger partial charge in [0.05, 0.1) is 5.56 Å². The second-order valence-electron chi connectivity index (χ2n) is 8.54. The molecule has 28 heavy (non-hydrogen) atoms. The number of carboxylic acids is 1. The maximum Gasteiger partial charge on any atom is 0.355 e. The van der Waals surface area contributed by atoms with Crippen molar-refractivity contribution in [3.8, 4) is 0 Å². The zero-order chi connectivity index (χ0) is 20.7. The maximum atomic E-state index is 12.4. The van der Waals surface area contributed by atoms with Crippen LogP contribution in [0.2, 0.25) is 0 Å². The monoisotopic (exact) mass is 393 g/mol. The zero-order valence-corrected chi connectivity index (χ0v) is 17.7. The number of ether oxygens (including phenoxy) is 1. The number of hydrogen-bond donors (Lipinski definition) is 3. The van der Waals surface area contributed by atoms with E-state index in [2.05, 4.69) is 15.2 Å². The van der Waals surface area contributed by atoms with Gasteiger partial charge in [-0.3, -0.25) is 0 Å². The third-order valence-electron chi connectivity index (χ3n) is 4.98. The number of piperidine rings is 1. The minimum absolute atomic E-state index is 0.189. The van der Waals surface area contributed by atoms with Crippen molar-refractivity contribution in [3.63, 3.8) is 0 Å². The van der Waals surface area contributed by atoms with Gasteiger partial charge in [-0.05, 0) is 78.6 Å². The number of H-pyrrole nitrogens is 1. The van der Waals surface area contributed by atoms with Crippen LogP contribution in [-0.4, -0.2) is 65.3 Å². The zero-order valence-electron chi connectivity index (χ0n) is 17.7. The van der Waals surface area contributed by atoms with E-state index in [9.17, 15) is 14.7 Å². The molecule has 1 aromatic rings. The smallest absolute Gasteiger partial charge is 0.355 e. The number of carbonyl (C=O) groups excluding carboxylic acids is 1. The molecule has 0 amide bonds. The van der Waals surface area contributed by atoms with Gasteiger partial charge in [-0.25, -0.2) is 9.59 Å². The van der Waals surface area contributed by atoms with Gasteiger partial charge in [0.25, 0.3) is 0 Å². The highest BCUT2D eigenvalue weighted by Gasteiger charge is 2.26. The molecule has 7 nitrogen and oxygen atoms in total. The Bertz CT molecular complexity index is 670. The molecule has 1 aliphatic rings. The summed E-state index contributed by atoms with van der Waals surface area (Å²) in [7, 11) is 0. The molecule has 0 aromatic carbocycles. The highest BCUT2D eigenvalue weighted by molar-refractivity contribution is 5.97. The number of carbonyl (C=O) groups is 2. The molecule has 158 valence electrons. The van der Waals surface area contributed by atoms with Gasteiger partial charge in [-0.15, -0.1) is 0 Å². The second-order valence-corrected chi connectivity index (χ2v) is 8.54. The number of aryl methyl sites for hydroxylation is 1. The lowest BCUT2D eigenvalue weighted by Gasteiger charge is -2.26. The molecular weight excluding hydrogens is 358 g/mol. The lowest BCUT2D eigenvalue weighted by molar-refractivity contribution is 0.00625.